The number of hydrogen-bond donors (Lipinski definition) is 0. The molecule has 6 nitrogen and oxygen atoms in total. The molecule has 0 radical (unpaired) electrons. The lowest BCUT2D eigenvalue weighted by Gasteiger charge is -2.07. The van der Waals surface area contributed by atoms with E-state index >= 15 is 0 Å². The quantitative estimate of drug-likeness (QED) is 0.531. The Labute approximate surface area is 137 Å². The van der Waals surface area contributed by atoms with Crippen LogP contribution in [0.5, 0.6) is 5.75 Å². The topological polar surface area (TPSA) is 65.7 Å². The van der Waals surface area contributed by atoms with Gasteiger partial charge in [0.2, 0.25) is 0 Å². The Morgan fingerprint density at radius 2 is 2.04 bits per heavy atom. The maximum absolute atomic E-state index is 12.2. The average Bonchev–Trinajstić information content (AvgIpc) is 2.89. The van der Waals surface area contributed by atoms with Crippen molar-refractivity contribution in [2.45, 2.75) is 6.92 Å². The first kappa shape index (κ1) is 15.3. The van der Waals surface area contributed by atoms with Gasteiger partial charge in [0.1, 0.15) is 24.5 Å². The van der Waals surface area contributed by atoms with Crippen LogP contribution in [0, 0.1) is 6.92 Å². The number of aromatic nitrogens is 3. The van der Waals surface area contributed by atoms with Crippen LogP contribution in [0.2, 0.25) is 5.02 Å². The Kier molecular flexibility index (Phi) is 4.43. The van der Waals surface area contributed by atoms with E-state index in [0.717, 1.165) is 0 Å². The van der Waals surface area contributed by atoms with E-state index in [0.29, 0.717) is 27.7 Å². The second-order valence-corrected chi connectivity index (χ2v) is 5.22. The first-order valence-corrected chi connectivity index (χ1v) is 7.38. The van der Waals surface area contributed by atoms with Gasteiger partial charge in [-0.15, -0.1) is 0 Å². The number of carbonyl (C=O) groups is 1. The maximum Gasteiger partial charge on any atom is 0.344 e. The fraction of sp³-hybridized carbons (Fsp3) is 0.188. The number of benzene rings is 1. The molecule has 7 heteroatoms. The second kappa shape index (κ2) is 6.66. The van der Waals surface area contributed by atoms with Crippen molar-refractivity contribution in [1.29, 1.82) is 0 Å². The van der Waals surface area contributed by atoms with E-state index in [2.05, 4.69) is 10.1 Å². The molecule has 3 rings (SSSR count). The van der Waals surface area contributed by atoms with Crippen LogP contribution < -0.4 is 4.74 Å². The number of nitrogens with zero attached hydrogens (tertiary/aromatic N) is 3. The minimum Gasteiger partial charge on any atom is -0.490 e. The molecule has 0 saturated carbocycles. The number of esters is 1. The second-order valence-electron chi connectivity index (χ2n) is 4.79. The summed E-state index contributed by atoms with van der Waals surface area (Å²) in [5.74, 6) is 0.204. The highest BCUT2D eigenvalue weighted by Crippen LogP contribution is 2.16. The zero-order valence-corrected chi connectivity index (χ0v) is 13.2. The molecule has 0 fully saturated rings. The summed E-state index contributed by atoms with van der Waals surface area (Å²) in [4.78, 5) is 16.4. The van der Waals surface area contributed by atoms with Gasteiger partial charge in [-0.25, -0.2) is 14.3 Å². The standard InChI is InChI=1S/C16H14ClN3O3/c1-11-14(15-18-7-2-8-20(15)19-11)16(21)23-10-9-22-13-5-3-12(17)4-6-13/h2-8H,9-10H2,1H3. The maximum atomic E-state index is 12.2. The van der Waals surface area contributed by atoms with E-state index in [9.17, 15) is 4.79 Å². The van der Waals surface area contributed by atoms with Crippen molar-refractivity contribution in [2.24, 2.45) is 0 Å². The van der Waals surface area contributed by atoms with E-state index < -0.39 is 5.97 Å². The molecule has 0 saturated heterocycles. The zero-order chi connectivity index (χ0) is 16.2. The largest absolute Gasteiger partial charge is 0.490 e. The minimum atomic E-state index is -0.462. The van der Waals surface area contributed by atoms with Gasteiger partial charge in [-0.2, -0.15) is 5.10 Å². The van der Waals surface area contributed by atoms with Crippen molar-refractivity contribution < 1.29 is 14.3 Å². The third-order valence-corrected chi connectivity index (χ3v) is 3.43. The highest BCUT2D eigenvalue weighted by molar-refractivity contribution is 6.30. The van der Waals surface area contributed by atoms with Crippen molar-refractivity contribution in [3.05, 3.63) is 59.0 Å². The number of carbonyl (C=O) groups excluding carboxylic acids is 1. The minimum absolute atomic E-state index is 0.130. The molecule has 0 aliphatic carbocycles. The van der Waals surface area contributed by atoms with Crippen LogP contribution in [0.4, 0.5) is 0 Å². The van der Waals surface area contributed by atoms with Crippen molar-refractivity contribution in [1.82, 2.24) is 14.6 Å². The molecule has 0 N–H and O–H groups in total. The molecule has 118 valence electrons. The van der Waals surface area contributed by atoms with Crippen molar-refractivity contribution in [3.63, 3.8) is 0 Å². The molecule has 0 spiro atoms. The Morgan fingerprint density at radius 3 is 2.83 bits per heavy atom. The number of fused-ring (bicyclic) bond motifs is 1. The highest BCUT2D eigenvalue weighted by atomic mass is 35.5. The summed E-state index contributed by atoms with van der Waals surface area (Å²) >= 11 is 5.80. The van der Waals surface area contributed by atoms with E-state index in [1.807, 2.05) is 0 Å². The molecule has 0 aliphatic heterocycles. The van der Waals surface area contributed by atoms with Crippen LogP contribution in [-0.2, 0) is 4.74 Å². The van der Waals surface area contributed by atoms with Gasteiger partial charge in [0.15, 0.2) is 5.65 Å². The Balaban J connectivity index is 1.58. The number of hydrogen-bond acceptors (Lipinski definition) is 5. The van der Waals surface area contributed by atoms with Crippen LogP contribution in [0.25, 0.3) is 5.65 Å². The molecule has 0 bridgehead atoms. The summed E-state index contributed by atoms with van der Waals surface area (Å²) in [6, 6.07) is 8.72. The fourth-order valence-corrected chi connectivity index (χ4v) is 2.26. The first-order valence-electron chi connectivity index (χ1n) is 7.00. The van der Waals surface area contributed by atoms with Gasteiger partial charge in [0.25, 0.3) is 0 Å². The number of aryl methyl sites for hydroxylation is 1. The lowest BCUT2D eigenvalue weighted by Crippen LogP contribution is -2.13. The molecule has 2 heterocycles. The predicted octanol–water partition coefficient (Wildman–Crippen LogP) is 2.93. The van der Waals surface area contributed by atoms with Gasteiger partial charge in [0.05, 0.1) is 5.69 Å². The number of ether oxygens (including phenoxy) is 2. The summed E-state index contributed by atoms with van der Waals surface area (Å²) in [5, 5.41) is 4.87. The van der Waals surface area contributed by atoms with Gasteiger partial charge in [-0.3, -0.25) is 0 Å². The smallest absolute Gasteiger partial charge is 0.344 e. The lowest BCUT2D eigenvalue weighted by molar-refractivity contribution is 0.0451. The number of rotatable bonds is 5. The molecular formula is C16H14ClN3O3. The van der Waals surface area contributed by atoms with Gasteiger partial charge in [-0.1, -0.05) is 11.6 Å². The molecule has 0 aliphatic rings. The van der Waals surface area contributed by atoms with Crippen molar-refractivity contribution in [2.75, 3.05) is 13.2 Å². The fourth-order valence-electron chi connectivity index (χ4n) is 2.13. The molecule has 0 amide bonds. The normalized spacial score (nSPS) is 10.7. The van der Waals surface area contributed by atoms with Crippen LogP contribution in [0.3, 0.4) is 0 Å². The number of halogens is 1. The summed E-state index contributed by atoms with van der Waals surface area (Å²) in [5.41, 5.74) is 1.43. The van der Waals surface area contributed by atoms with Crippen LogP contribution in [-0.4, -0.2) is 33.8 Å². The SMILES string of the molecule is Cc1nn2cccnc2c1C(=O)OCCOc1ccc(Cl)cc1. The van der Waals surface area contributed by atoms with Gasteiger partial charge in [0, 0.05) is 17.4 Å². The van der Waals surface area contributed by atoms with Crippen molar-refractivity contribution >= 4 is 23.2 Å². The highest BCUT2D eigenvalue weighted by Gasteiger charge is 2.19. The molecule has 1 aromatic carbocycles. The molecule has 2 aromatic heterocycles. The van der Waals surface area contributed by atoms with E-state index in [4.69, 9.17) is 21.1 Å². The van der Waals surface area contributed by atoms with Gasteiger partial charge < -0.3 is 9.47 Å². The molecule has 0 unspecified atom stereocenters. The molecule has 3 aromatic rings. The van der Waals surface area contributed by atoms with E-state index in [-0.39, 0.29) is 13.2 Å². The van der Waals surface area contributed by atoms with Crippen molar-refractivity contribution in [3.8, 4) is 5.75 Å². The molecule has 23 heavy (non-hydrogen) atoms. The van der Waals surface area contributed by atoms with E-state index in [1.54, 1.807) is 54.2 Å². The van der Waals surface area contributed by atoms with Crippen LogP contribution in [0.1, 0.15) is 16.1 Å². The monoisotopic (exact) mass is 331 g/mol. The predicted molar refractivity (Wildman–Crippen MR) is 85.0 cm³/mol. The first-order chi connectivity index (χ1) is 11.1. The lowest BCUT2D eigenvalue weighted by atomic mass is 10.2. The molecular weight excluding hydrogens is 318 g/mol. The Morgan fingerprint density at radius 1 is 1.26 bits per heavy atom. The third-order valence-electron chi connectivity index (χ3n) is 3.17. The van der Waals surface area contributed by atoms with Crippen LogP contribution >= 0.6 is 11.6 Å². The third kappa shape index (κ3) is 3.43. The van der Waals surface area contributed by atoms with Crippen LogP contribution in [0.15, 0.2) is 42.7 Å². The summed E-state index contributed by atoms with van der Waals surface area (Å²) < 4.78 is 12.3. The van der Waals surface area contributed by atoms with E-state index in [1.165, 1.54) is 0 Å². The Hall–Kier alpha value is -2.60. The average molecular weight is 332 g/mol. The molecule has 0 atom stereocenters. The summed E-state index contributed by atoms with van der Waals surface area (Å²) in [6.45, 7) is 2.12. The Bertz CT molecular complexity index is 830. The van der Waals surface area contributed by atoms with Gasteiger partial charge >= 0.3 is 5.97 Å². The zero-order valence-electron chi connectivity index (χ0n) is 12.4. The summed E-state index contributed by atoms with van der Waals surface area (Å²) in [7, 11) is 0. The summed E-state index contributed by atoms with van der Waals surface area (Å²) in [6.07, 6.45) is 3.34. The van der Waals surface area contributed by atoms with Gasteiger partial charge in [-0.05, 0) is 37.3 Å².